The molecule has 0 radical (unpaired) electrons. The molecule has 2 aliphatic heterocycles. The molecule has 0 aliphatic carbocycles. The lowest BCUT2D eigenvalue weighted by Gasteiger charge is -2.31. The molecule has 1 atom stereocenters. The smallest absolute Gasteiger partial charge is 0.262 e. The number of hydrogen-bond acceptors (Lipinski definition) is 6. The van der Waals surface area contributed by atoms with E-state index in [1.54, 1.807) is 17.4 Å². The van der Waals surface area contributed by atoms with Gasteiger partial charge in [-0.15, -0.1) is 11.3 Å². The number of hydrazone groups is 1. The zero-order chi connectivity index (χ0) is 25.6. The Balaban J connectivity index is 1.38. The number of thiophene rings is 1. The van der Waals surface area contributed by atoms with Gasteiger partial charge in [0.15, 0.2) is 0 Å². The second-order valence-corrected chi connectivity index (χ2v) is 10.0. The molecule has 2 aromatic carbocycles. The molecule has 3 aromatic rings. The first-order valence-electron chi connectivity index (χ1n) is 12.4. The van der Waals surface area contributed by atoms with Crippen LogP contribution in [0.1, 0.15) is 33.3 Å². The largest absolute Gasteiger partial charge is 0.379 e. The molecule has 0 N–H and O–H groups in total. The molecule has 0 spiro atoms. The normalized spacial score (nSPS) is 18.0. The second kappa shape index (κ2) is 11.8. The lowest BCUT2D eigenvalue weighted by molar-refractivity contribution is -0.133. The lowest BCUT2D eigenvalue weighted by atomic mass is 10.0. The van der Waals surface area contributed by atoms with E-state index in [0.29, 0.717) is 32.7 Å². The highest BCUT2D eigenvalue weighted by atomic mass is 32.1. The standard InChI is InChI=1S/C28H29FN4O3S/c29-23-9-4-8-22(18-23)28(35)32(12-11-31-13-15-36-16-14-31)20-27(34)33-25(21-6-2-1-3-7-21)19-24(30-33)26-10-5-17-37-26/h1-10,17-18,25H,11-16,19-20H2/t25-/m0/s1. The minimum absolute atomic E-state index is 0.149. The summed E-state index contributed by atoms with van der Waals surface area (Å²) in [6.07, 6.45) is 0.599. The molecular formula is C28H29FN4O3S. The van der Waals surface area contributed by atoms with Gasteiger partial charge in [-0.1, -0.05) is 42.5 Å². The molecular weight excluding hydrogens is 491 g/mol. The Kier molecular flexibility index (Phi) is 8.03. The van der Waals surface area contributed by atoms with Crippen molar-refractivity contribution >= 4 is 28.9 Å². The van der Waals surface area contributed by atoms with Gasteiger partial charge in [0.25, 0.3) is 11.8 Å². The molecule has 1 saturated heterocycles. The van der Waals surface area contributed by atoms with E-state index in [1.165, 1.54) is 28.1 Å². The summed E-state index contributed by atoms with van der Waals surface area (Å²) in [6, 6.07) is 19.1. The first kappa shape index (κ1) is 25.3. The van der Waals surface area contributed by atoms with Gasteiger partial charge in [-0.3, -0.25) is 14.5 Å². The highest BCUT2D eigenvalue weighted by Gasteiger charge is 2.35. The number of benzene rings is 2. The number of hydrogen-bond donors (Lipinski definition) is 0. The fourth-order valence-electron chi connectivity index (χ4n) is 4.65. The van der Waals surface area contributed by atoms with Crippen LogP contribution >= 0.6 is 11.3 Å². The monoisotopic (exact) mass is 520 g/mol. The van der Waals surface area contributed by atoms with Crippen LogP contribution < -0.4 is 0 Å². The Hall–Kier alpha value is -3.40. The van der Waals surface area contributed by atoms with Crippen LogP contribution in [-0.2, 0) is 9.53 Å². The maximum Gasteiger partial charge on any atom is 0.262 e. The summed E-state index contributed by atoms with van der Waals surface area (Å²) in [4.78, 5) is 31.9. The van der Waals surface area contributed by atoms with Crippen LogP contribution in [0.25, 0.3) is 0 Å². The SMILES string of the molecule is O=C(c1cccc(F)c1)N(CCN1CCOCC1)CC(=O)N1N=C(c2cccs2)C[C@H]1c1ccccc1. The predicted octanol–water partition coefficient (Wildman–Crippen LogP) is 4.04. The molecule has 3 heterocycles. The summed E-state index contributed by atoms with van der Waals surface area (Å²) in [7, 11) is 0. The number of ether oxygens (including phenoxy) is 1. The average molecular weight is 521 g/mol. The van der Waals surface area contributed by atoms with Gasteiger partial charge in [0, 0.05) is 38.2 Å². The molecule has 192 valence electrons. The van der Waals surface area contributed by atoms with E-state index in [2.05, 4.69) is 4.90 Å². The molecule has 1 fully saturated rings. The average Bonchev–Trinajstić information content (AvgIpc) is 3.62. The van der Waals surface area contributed by atoms with Gasteiger partial charge < -0.3 is 9.64 Å². The topological polar surface area (TPSA) is 65.5 Å². The van der Waals surface area contributed by atoms with Gasteiger partial charge in [-0.2, -0.15) is 5.10 Å². The van der Waals surface area contributed by atoms with Crippen molar-refractivity contribution in [1.82, 2.24) is 14.8 Å². The van der Waals surface area contributed by atoms with Crippen LogP contribution in [0, 0.1) is 5.82 Å². The van der Waals surface area contributed by atoms with Crippen LogP contribution in [0.15, 0.2) is 77.2 Å². The summed E-state index contributed by atoms with van der Waals surface area (Å²) >= 11 is 1.59. The summed E-state index contributed by atoms with van der Waals surface area (Å²) in [5, 5.41) is 8.23. The van der Waals surface area contributed by atoms with Crippen molar-refractivity contribution in [3.63, 3.8) is 0 Å². The maximum absolute atomic E-state index is 13.9. The van der Waals surface area contributed by atoms with Crippen LogP contribution in [0.4, 0.5) is 4.39 Å². The molecule has 7 nitrogen and oxygen atoms in total. The number of nitrogens with zero attached hydrogens (tertiary/aromatic N) is 4. The van der Waals surface area contributed by atoms with Gasteiger partial charge >= 0.3 is 0 Å². The Labute approximate surface area is 219 Å². The van der Waals surface area contributed by atoms with E-state index in [9.17, 15) is 14.0 Å². The molecule has 2 amide bonds. The third-order valence-corrected chi connectivity index (χ3v) is 7.55. The zero-order valence-electron chi connectivity index (χ0n) is 20.5. The molecule has 2 aliphatic rings. The number of carbonyl (C=O) groups excluding carboxylic acids is 2. The summed E-state index contributed by atoms with van der Waals surface area (Å²) in [5.41, 5.74) is 2.06. The maximum atomic E-state index is 13.9. The highest BCUT2D eigenvalue weighted by Crippen LogP contribution is 2.33. The molecule has 0 saturated carbocycles. The lowest BCUT2D eigenvalue weighted by Crippen LogP contribution is -2.46. The van der Waals surface area contributed by atoms with E-state index < -0.39 is 5.82 Å². The number of morpholine rings is 1. The van der Waals surface area contributed by atoms with Crippen molar-refractivity contribution in [2.45, 2.75) is 12.5 Å². The van der Waals surface area contributed by atoms with Crippen molar-refractivity contribution in [3.05, 3.63) is 93.9 Å². The quantitative estimate of drug-likeness (QED) is 0.450. The number of halogens is 1. The Morgan fingerprint density at radius 3 is 2.59 bits per heavy atom. The van der Waals surface area contributed by atoms with Crippen molar-refractivity contribution < 1.29 is 18.7 Å². The first-order valence-corrected chi connectivity index (χ1v) is 13.3. The van der Waals surface area contributed by atoms with Crippen LogP contribution in [0.5, 0.6) is 0 Å². The van der Waals surface area contributed by atoms with Gasteiger partial charge in [0.2, 0.25) is 0 Å². The third-order valence-electron chi connectivity index (χ3n) is 6.63. The number of rotatable bonds is 8. The van der Waals surface area contributed by atoms with E-state index >= 15 is 0 Å². The third kappa shape index (κ3) is 6.12. The van der Waals surface area contributed by atoms with Gasteiger partial charge in [0.05, 0.1) is 29.8 Å². The van der Waals surface area contributed by atoms with Crippen LogP contribution in [0.2, 0.25) is 0 Å². The van der Waals surface area contributed by atoms with E-state index in [4.69, 9.17) is 9.84 Å². The van der Waals surface area contributed by atoms with Crippen molar-refractivity contribution in [3.8, 4) is 0 Å². The minimum atomic E-state index is -0.487. The van der Waals surface area contributed by atoms with Crippen molar-refractivity contribution in [2.75, 3.05) is 45.9 Å². The molecule has 5 rings (SSSR count). The highest BCUT2D eigenvalue weighted by molar-refractivity contribution is 7.12. The summed E-state index contributed by atoms with van der Waals surface area (Å²) < 4.78 is 19.3. The zero-order valence-corrected chi connectivity index (χ0v) is 21.3. The number of amides is 2. The molecule has 37 heavy (non-hydrogen) atoms. The molecule has 0 unspecified atom stereocenters. The van der Waals surface area contributed by atoms with Crippen molar-refractivity contribution in [1.29, 1.82) is 0 Å². The van der Waals surface area contributed by atoms with Gasteiger partial charge in [-0.25, -0.2) is 9.40 Å². The first-order chi connectivity index (χ1) is 18.1. The Morgan fingerprint density at radius 2 is 1.86 bits per heavy atom. The van der Waals surface area contributed by atoms with Gasteiger partial charge in [-0.05, 0) is 35.2 Å². The Morgan fingerprint density at radius 1 is 1.05 bits per heavy atom. The van der Waals surface area contributed by atoms with E-state index in [0.717, 1.165) is 29.2 Å². The molecule has 0 bridgehead atoms. The van der Waals surface area contributed by atoms with E-state index in [1.807, 2.05) is 47.8 Å². The minimum Gasteiger partial charge on any atom is -0.379 e. The second-order valence-electron chi connectivity index (χ2n) is 9.08. The molecule has 1 aromatic heterocycles. The van der Waals surface area contributed by atoms with Crippen LogP contribution in [0.3, 0.4) is 0 Å². The summed E-state index contributed by atoms with van der Waals surface area (Å²) in [6.45, 7) is 3.62. The van der Waals surface area contributed by atoms with E-state index in [-0.39, 0.29) is 30.0 Å². The predicted molar refractivity (Wildman–Crippen MR) is 141 cm³/mol. The summed E-state index contributed by atoms with van der Waals surface area (Å²) in [5.74, 6) is -1.13. The molecule has 9 heteroatoms. The van der Waals surface area contributed by atoms with Gasteiger partial charge in [0.1, 0.15) is 12.4 Å². The van der Waals surface area contributed by atoms with Crippen molar-refractivity contribution in [2.24, 2.45) is 5.10 Å². The Bertz CT molecular complexity index is 1250. The fraction of sp³-hybridized carbons (Fsp3) is 0.321. The fourth-order valence-corrected chi connectivity index (χ4v) is 5.37. The van der Waals surface area contributed by atoms with Crippen LogP contribution in [-0.4, -0.2) is 78.3 Å². The number of carbonyl (C=O) groups is 2.